The molecule has 0 aromatic heterocycles. The molecule has 1 atom stereocenters. The number of halogens is 1. The molecule has 0 bridgehead atoms. The largest absolute Gasteiger partial charge is 0.345 e. The van der Waals surface area contributed by atoms with Gasteiger partial charge in [-0.05, 0) is 17.5 Å². The van der Waals surface area contributed by atoms with Crippen molar-refractivity contribution in [2.24, 2.45) is 5.92 Å². The van der Waals surface area contributed by atoms with E-state index in [9.17, 15) is 9.59 Å². The van der Waals surface area contributed by atoms with Crippen LogP contribution in [0, 0.1) is 5.92 Å². The fourth-order valence-electron chi connectivity index (χ4n) is 2.32. The minimum atomic E-state index is -0.433. The van der Waals surface area contributed by atoms with Crippen molar-refractivity contribution in [2.45, 2.75) is 26.4 Å². The summed E-state index contributed by atoms with van der Waals surface area (Å²) >= 11 is 6.12. The van der Waals surface area contributed by atoms with E-state index in [1.54, 1.807) is 11.0 Å². The number of hydrogen-bond acceptors (Lipinski definition) is 2. The molecule has 1 aliphatic heterocycles. The molecular weight excluding hydrogens is 264 g/mol. The van der Waals surface area contributed by atoms with Crippen LogP contribution in [0.2, 0.25) is 5.02 Å². The van der Waals surface area contributed by atoms with Crippen LogP contribution in [0.25, 0.3) is 0 Å². The molecule has 2 amide bonds. The lowest BCUT2D eigenvalue weighted by molar-refractivity contribution is -0.148. The van der Waals surface area contributed by atoms with Gasteiger partial charge in [0.1, 0.15) is 6.04 Å². The van der Waals surface area contributed by atoms with E-state index in [2.05, 4.69) is 5.32 Å². The maximum absolute atomic E-state index is 12.0. The minimum Gasteiger partial charge on any atom is -0.345 e. The van der Waals surface area contributed by atoms with Gasteiger partial charge in [-0.2, -0.15) is 0 Å². The average molecular weight is 281 g/mol. The van der Waals surface area contributed by atoms with Crippen molar-refractivity contribution in [1.29, 1.82) is 0 Å². The number of carbonyl (C=O) groups is 2. The van der Waals surface area contributed by atoms with E-state index in [1.165, 1.54) is 0 Å². The van der Waals surface area contributed by atoms with Gasteiger partial charge in [0.25, 0.3) is 0 Å². The maximum atomic E-state index is 12.0. The quantitative estimate of drug-likeness (QED) is 0.918. The van der Waals surface area contributed by atoms with Gasteiger partial charge in [-0.3, -0.25) is 9.59 Å². The van der Waals surface area contributed by atoms with Gasteiger partial charge in [-0.15, -0.1) is 0 Å². The fraction of sp³-hybridized carbons (Fsp3) is 0.429. The van der Waals surface area contributed by atoms with Crippen molar-refractivity contribution in [3.63, 3.8) is 0 Å². The van der Waals surface area contributed by atoms with E-state index in [0.29, 0.717) is 11.6 Å². The van der Waals surface area contributed by atoms with Gasteiger partial charge >= 0.3 is 0 Å². The number of piperazine rings is 1. The molecule has 0 radical (unpaired) electrons. The van der Waals surface area contributed by atoms with E-state index in [-0.39, 0.29) is 24.3 Å². The second-order valence-electron chi connectivity index (χ2n) is 5.02. The highest BCUT2D eigenvalue weighted by atomic mass is 35.5. The van der Waals surface area contributed by atoms with Crippen LogP contribution in [0.1, 0.15) is 19.4 Å². The average Bonchev–Trinajstić information content (AvgIpc) is 2.36. The van der Waals surface area contributed by atoms with E-state index >= 15 is 0 Å². The molecule has 1 aromatic rings. The fourth-order valence-corrected chi connectivity index (χ4v) is 2.52. The molecule has 1 heterocycles. The first kappa shape index (κ1) is 13.9. The van der Waals surface area contributed by atoms with Crippen LogP contribution >= 0.6 is 11.6 Å². The topological polar surface area (TPSA) is 49.4 Å². The van der Waals surface area contributed by atoms with Crippen LogP contribution in [0.3, 0.4) is 0 Å². The first-order valence-electron chi connectivity index (χ1n) is 6.31. The first-order chi connectivity index (χ1) is 9.00. The van der Waals surface area contributed by atoms with Crippen molar-refractivity contribution in [1.82, 2.24) is 10.2 Å². The molecule has 1 unspecified atom stereocenters. The molecule has 0 aliphatic carbocycles. The Labute approximate surface area is 117 Å². The Morgan fingerprint density at radius 1 is 1.37 bits per heavy atom. The molecule has 1 N–H and O–H groups in total. The Bertz CT molecular complexity index is 502. The van der Waals surface area contributed by atoms with Crippen LogP contribution in [-0.4, -0.2) is 29.3 Å². The summed E-state index contributed by atoms with van der Waals surface area (Å²) in [5, 5.41) is 3.25. The lowest BCUT2D eigenvalue weighted by Gasteiger charge is -2.37. The zero-order chi connectivity index (χ0) is 14.0. The molecule has 1 aliphatic rings. The summed E-state index contributed by atoms with van der Waals surface area (Å²) in [6.07, 6.45) is 0. The van der Waals surface area contributed by atoms with Gasteiger partial charge in [-0.1, -0.05) is 43.6 Å². The Balaban J connectivity index is 2.26. The SMILES string of the molecule is CC(C)C1C(=O)NCC(=O)N1Cc1ccccc1Cl. The third-order valence-electron chi connectivity index (χ3n) is 3.27. The smallest absolute Gasteiger partial charge is 0.243 e. The Morgan fingerprint density at radius 3 is 2.68 bits per heavy atom. The van der Waals surface area contributed by atoms with Crippen LogP contribution in [0.4, 0.5) is 0 Å². The zero-order valence-electron chi connectivity index (χ0n) is 11.0. The summed E-state index contributed by atoms with van der Waals surface area (Å²) in [5.74, 6) is -0.105. The molecule has 19 heavy (non-hydrogen) atoms. The summed E-state index contributed by atoms with van der Waals surface area (Å²) in [6.45, 7) is 4.30. The first-order valence-corrected chi connectivity index (χ1v) is 6.69. The van der Waals surface area contributed by atoms with E-state index in [4.69, 9.17) is 11.6 Å². The Morgan fingerprint density at radius 2 is 2.05 bits per heavy atom. The predicted octanol–water partition coefficient (Wildman–Crippen LogP) is 1.82. The zero-order valence-corrected chi connectivity index (χ0v) is 11.8. The summed E-state index contributed by atoms with van der Waals surface area (Å²) < 4.78 is 0. The molecule has 0 spiro atoms. The van der Waals surface area contributed by atoms with Gasteiger partial charge in [0.2, 0.25) is 11.8 Å². The Hall–Kier alpha value is -1.55. The van der Waals surface area contributed by atoms with Crippen molar-refractivity contribution in [3.8, 4) is 0 Å². The van der Waals surface area contributed by atoms with Gasteiger partial charge in [0.05, 0.1) is 6.54 Å². The lowest BCUT2D eigenvalue weighted by atomic mass is 9.98. The van der Waals surface area contributed by atoms with Gasteiger partial charge in [-0.25, -0.2) is 0 Å². The standard InChI is InChI=1S/C14H17ClN2O2/c1-9(2)13-14(19)16-7-12(18)17(13)8-10-5-3-4-6-11(10)15/h3-6,9,13H,7-8H2,1-2H3,(H,16,19). The second kappa shape index (κ2) is 5.61. The Kier molecular flexibility index (Phi) is 4.10. The molecule has 1 aromatic carbocycles. The maximum Gasteiger partial charge on any atom is 0.243 e. The molecule has 1 saturated heterocycles. The van der Waals surface area contributed by atoms with E-state index in [0.717, 1.165) is 5.56 Å². The van der Waals surface area contributed by atoms with Crippen molar-refractivity contribution < 1.29 is 9.59 Å². The highest BCUT2D eigenvalue weighted by Gasteiger charge is 2.36. The number of rotatable bonds is 3. The molecule has 2 rings (SSSR count). The molecule has 4 nitrogen and oxygen atoms in total. The van der Waals surface area contributed by atoms with Gasteiger partial charge in [0.15, 0.2) is 0 Å². The van der Waals surface area contributed by atoms with Crippen molar-refractivity contribution >= 4 is 23.4 Å². The molecule has 1 fully saturated rings. The predicted molar refractivity (Wildman–Crippen MR) is 73.6 cm³/mol. The third-order valence-corrected chi connectivity index (χ3v) is 3.64. The number of nitrogens with one attached hydrogen (secondary N) is 1. The second-order valence-corrected chi connectivity index (χ2v) is 5.43. The molecule has 5 heteroatoms. The van der Waals surface area contributed by atoms with Crippen LogP contribution in [0.5, 0.6) is 0 Å². The monoisotopic (exact) mass is 280 g/mol. The van der Waals surface area contributed by atoms with Crippen molar-refractivity contribution in [2.75, 3.05) is 6.54 Å². The number of amides is 2. The molecule has 102 valence electrons. The minimum absolute atomic E-state index is 0.0618. The van der Waals surface area contributed by atoms with Crippen LogP contribution < -0.4 is 5.32 Å². The third kappa shape index (κ3) is 2.89. The van der Waals surface area contributed by atoms with Crippen LogP contribution in [-0.2, 0) is 16.1 Å². The van der Waals surface area contributed by atoms with Crippen LogP contribution in [0.15, 0.2) is 24.3 Å². The number of nitrogens with zero attached hydrogens (tertiary/aromatic N) is 1. The number of carbonyl (C=O) groups excluding carboxylic acids is 2. The summed E-state index contributed by atoms with van der Waals surface area (Å²) in [6, 6.07) is 6.95. The normalized spacial score (nSPS) is 19.8. The van der Waals surface area contributed by atoms with E-state index in [1.807, 2.05) is 32.0 Å². The van der Waals surface area contributed by atoms with Crippen molar-refractivity contribution in [3.05, 3.63) is 34.9 Å². The lowest BCUT2D eigenvalue weighted by Crippen LogP contribution is -2.59. The summed E-state index contributed by atoms with van der Waals surface area (Å²) in [5.41, 5.74) is 0.859. The molecular formula is C14H17ClN2O2. The number of benzene rings is 1. The number of hydrogen-bond donors (Lipinski definition) is 1. The van der Waals surface area contributed by atoms with E-state index < -0.39 is 6.04 Å². The molecule has 0 saturated carbocycles. The highest BCUT2D eigenvalue weighted by Crippen LogP contribution is 2.22. The summed E-state index contributed by atoms with van der Waals surface area (Å²) in [4.78, 5) is 25.6. The van der Waals surface area contributed by atoms with Gasteiger partial charge in [0, 0.05) is 11.6 Å². The van der Waals surface area contributed by atoms with Gasteiger partial charge < -0.3 is 10.2 Å². The summed E-state index contributed by atoms with van der Waals surface area (Å²) in [7, 11) is 0. The highest BCUT2D eigenvalue weighted by molar-refractivity contribution is 6.31.